The predicted octanol–water partition coefficient (Wildman–Crippen LogP) is 1.75. The Bertz CT molecular complexity index is 904. The average Bonchev–Trinajstić information content (AvgIpc) is 2.70. The molecule has 0 spiro atoms. The SMILES string of the molecule is COc1ccnc(N2CCN(C(=O)c3ccccc3OC3=NC=C3)CC2)n1. The molecule has 0 aliphatic carbocycles. The first-order valence-corrected chi connectivity index (χ1v) is 8.67. The number of piperazine rings is 1. The third kappa shape index (κ3) is 3.59. The van der Waals surface area contributed by atoms with E-state index in [1.807, 2.05) is 21.9 Å². The Hall–Kier alpha value is -3.42. The van der Waals surface area contributed by atoms with Crippen molar-refractivity contribution in [2.75, 3.05) is 38.2 Å². The van der Waals surface area contributed by atoms with Crippen LogP contribution in [-0.2, 0) is 0 Å². The zero-order chi connectivity index (χ0) is 18.6. The molecule has 138 valence electrons. The van der Waals surface area contributed by atoms with E-state index < -0.39 is 0 Å². The summed E-state index contributed by atoms with van der Waals surface area (Å²) in [5, 5.41) is 0. The van der Waals surface area contributed by atoms with Crippen LogP contribution in [0.2, 0.25) is 0 Å². The van der Waals surface area contributed by atoms with Gasteiger partial charge in [0.2, 0.25) is 17.7 Å². The fourth-order valence-corrected chi connectivity index (χ4v) is 2.92. The highest BCUT2D eigenvalue weighted by atomic mass is 16.5. The van der Waals surface area contributed by atoms with Crippen LogP contribution < -0.4 is 14.4 Å². The number of carbonyl (C=O) groups excluding carboxylic acids is 1. The molecule has 0 unspecified atom stereocenters. The van der Waals surface area contributed by atoms with E-state index in [0.29, 0.717) is 55.2 Å². The first kappa shape index (κ1) is 17.0. The molecule has 2 aromatic rings. The van der Waals surface area contributed by atoms with E-state index in [0.717, 1.165) is 0 Å². The number of methoxy groups -OCH3 is 1. The van der Waals surface area contributed by atoms with Crippen molar-refractivity contribution in [2.24, 2.45) is 4.99 Å². The number of amides is 1. The molecule has 1 fully saturated rings. The summed E-state index contributed by atoms with van der Waals surface area (Å²) in [6.07, 6.45) is 5.08. The minimum absolute atomic E-state index is 0.0549. The van der Waals surface area contributed by atoms with E-state index >= 15 is 0 Å². The number of carbonyl (C=O) groups is 1. The average molecular weight is 365 g/mol. The second-order valence-electron chi connectivity index (χ2n) is 6.06. The van der Waals surface area contributed by atoms with Gasteiger partial charge in [-0.05, 0) is 12.1 Å². The lowest BCUT2D eigenvalue weighted by Gasteiger charge is -2.35. The smallest absolute Gasteiger partial charge is 0.257 e. The Morgan fingerprint density at radius 3 is 2.59 bits per heavy atom. The number of hydrogen-bond acceptors (Lipinski definition) is 7. The maximum atomic E-state index is 13.0. The largest absolute Gasteiger partial charge is 0.481 e. The van der Waals surface area contributed by atoms with Crippen LogP contribution in [0.4, 0.5) is 5.95 Å². The number of benzene rings is 1. The molecule has 0 atom stereocenters. The van der Waals surface area contributed by atoms with Crippen molar-refractivity contribution in [3.8, 4) is 11.6 Å². The highest BCUT2D eigenvalue weighted by Crippen LogP contribution is 2.23. The highest BCUT2D eigenvalue weighted by Gasteiger charge is 2.26. The van der Waals surface area contributed by atoms with Gasteiger partial charge in [0.05, 0.1) is 12.7 Å². The van der Waals surface area contributed by atoms with Gasteiger partial charge in [0.15, 0.2) is 0 Å². The minimum atomic E-state index is -0.0549. The second kappa shape index (κ2) is 7.45. The quantitative estimate of drug-likeness (QED) is 0.821. The van der Waals surface area contributed by atoms with Crippen LogP contribution >= 0.6 is 0 Å². The summed E-state index contributed by atoms with van der Waals surface area (Å²) < 4.78 is 10.8. The van der Waals surface area contributed by atoms with E-state index in [1.165, 1.54) is 0 Å². The van der Waals surface area contributed by atoms with Crippen LogP contribution in [0.3, 0.4) is 0 Å². The van der Waals surface area contributed by atoms with Crippen LogP contribution in [0.15, 0.2) is 53.8 Å². The molecule has 1 aromatic carbocycles. The first-order chi connectivity index (χ1) is 13.2. The van der Waals surface area contributed by atoms with E-state index in [2.05, 4.69) is 15.0 Å². The molecule has 1 amide bonds. The molecule has 0 radical (unpaired) electrons. The van der Waals surface area contributed by atoms with Crippen molar-refractivity contribution >= 4 is 17.8 Å². The Morgan fingerprint density at radius 1 is 1.11 bits per heavy atom. The van der Waals surface area contributed by atoms with Gasteiger partial charge in [-0.25, -0.2) is 9.98 Å². The summed E-state index contributed by atoms with van der Waals surface area (Å²) in [6, 6.07) is 8.94. The van der Waals surface area contributed by atoms with E-state index in [1.54, 1.807) is 43.8 Å². The zero-order valence-electron chi connectivity index (χ0n) is 14.9. The van der Waals surface area contributed by atoms with Crippen molar-refractivity contribution in [2.45, 2.75) is 0 Å². The summed E-state index contributed by atoms with van der Waals surface area (Å²) in [6.45, 7) is 2.46. The highest BCUT2D eigenvalue weighted by molar-refractivity contribution is 6.00. The lowest BCUT2D eigenvalue weighted by molar-refractivity contribution is 0.0744. The maximum absolute atomic E-state index is 13.0. The van der Waals surface area contributed by atoms with Gasteiger partial charge < -0.3 is 19.3 Å². The van der Waals surface area contributed by atoms with E-state index in [4.69, 9.17) is 9.47 Å². The number of nitrogens with zero attached hydrogens (tertiary/aromatic N) is 5. The van der Waals surface area contributed by atoms with Gasteiger partial charge >= 0.3 is 0 Å². The molecule has 1 aromatic heterocycles. The second-order valence-corrected chi connectivity index (χ2v) is 6.06. The van der Waals surface area contributed by atoms with Gasteiger partial charge in [0.1, 0.15) is 5.75 Å². The maximum Gasteiger partial charge on any atom is 0.257 e. The Balaban J connectivity index is 1.43. The monoisotopic (exact) mass is 365 g/mol. The Labute approximate surface area is 156 Å². The number of aromatic nitrogens is 2. The standard InChI is InChI=1S/C19H19N5O3/c1-26-17-7-9-21-19(22-17)24-12-10-23(11-13-24)18(25)14-4-2-3-5-15(14)27-16-6-8-20-16/h2-9H,10-13H2,1H3. The molecule has 0 saturated carbocycles. The molecule has 0 N–H and O–H groups in total. The molecule has 3 heterocycles. The summed E-state index contributed by atoms with van der Waals surface area (Å²) in [5.74, 6) is 2.11. The number of para-hydroxylation sites is 1. The van der Waals surface area contributed by atoms with Gasteiger partial charge in [-0.1, -0.05) is 12.1 Å². The number of ether oxygens (including phenoxy) is 2. The molecule has 8 heteroatoms. The number of hydrogen-bond donors (Lipinski definition) is 0. The van der Waals surface area contributed by atoms with Crippen LogP contribution in [-0.4, -0.2) is 60.0 Å². The van der Waals surface area contributed by atoms with Crippen LogP contribution in [0.25, 0.3) is 0 Å². The van der Waals surface area contributed by atoms with Crippen molar-refractivity contribution in [3.63, 3.8) is 0 Å². The molecular formula is C19H19N5O3. The number of anilines is 1. The fraction of sp³-hybridized carbons (Fsp3) is 0.263. The third-order valence-corrected chi connectivity index (χ3v) is 4.43. The lowest BCUT2D eigenvalue weighted by Crippen LogP contribution is -2.49. The molecule has 2 aliphatic heterocycles. The van der Waals surface area contributed by atoms with Crippen LogP contribution in [0, 0.1) is 0 Å². The minimum Gasteiger partial charge on any atom is -0.481 e. The lowest BCUT2D eigenvalue weighted by atomic mass is 10.1. The summed E-state index contributed by atoms with van der Waals surface area (Å²) in [4.78, 5) is 29.5. The summed E-state index contributed by atoms with van der Waals surface area (Å²) in [5.41, 5.74) is 0.534. The normalized spacial score (nSPS) is 15.8. The Morgan fingerprint density at radius 2 is 1.89 bits per heavy atom. The van der Waals surface area contributed by atoms with Gasteiger partial charge in [-0.15, -0.1) is 0 Å². The van der Waals surface area contributed by atoms with Gasteiger partial charge in [0, 0.05) is 50.7 Å². The zero-order valence-corrected chi connectivity index (χ0v) is 14.9. The molecule has 0 bridgehead atoms. The first-order valence-electron chi connectivity index (χ1n) is 8.67. The van der Waals surface area contributed by atoms with Crippen molar-refractivity contribution < 1.29 is 14.3 Å². The van der Waals surface area contributed by atoms with Gasteiger partial charge in [-0.2, -0.15) is 4.98 Å². The van der Waals surface area contributed by atoms with Crippen molar-refractivity contribution in [1.29, 1.82) is 0 Å². The van der Waals surface area contributed by atoms with Crippen LogP contribution in [0.1, 0.15) is 10.4 Å². The number of rotatable bonds is 4. The predicted molar refractivity (Wildman–Crippen MR) is 100 cm³/mol. The topological polar surface area (TPSA) is 80.2 Å². The van der Waals surface area contributed by atoms with Crippen molar-refractivity contribution in [1.82, 2.24) is 14.9 Å². The van der Waals surface area contributed by atoms with E-state index in [-0.39, 0.29) is 5.91 Å². The van der Waals surface area contributed by atoms with E-state index in [9.17, 15) is 4.79 Å². The molecule has 8 nitrogen and oxygen atoms in total. The molecule has 27 heavy (non-hydrogen) atoms. The third-order valence-electron chi connectivity index (χ3n) is 4.43. The van der Waals surface area contributed by atoms with Crippen LogP contribution in [0.5, 0.6) is 11.6 Å². The Kier molecular flexibility index (Phi) is 4.69. The van der Waals surface area contributed by atoms with Gasteiger partial charge in [0.25, 0.3) is 5.91 Å². The molecule has 2 aliphatic rings. The van der Waals surface area contributed by atoms with Crippen molar-refractivity contribution in [3.05, 3.63) is 54.4 Å². The molecule has 1 saturated heterocycles. The fourth-order valence-electron chi connectivity index (χ4n) is 2.92. The summed E-state index contributed by atoms with van der Waals surface area (Å²) >= 11 is 0. The molecule has 4 rings (SSSR count). The van der Waals surface area contributed by atoms with Gasteiger partial charge in [-0.3, -0.25) is 4.79 Å². The summed E-state index contributed by atoms with van der Waals surface area (Å²) in [7, 11) is 1.58. The number of aliphatic imine (C=N–C) groups is 1. The molecular weight excluding hydrogens is 346 g/mol.